The van der Waals surface area contributed by atoms with Crippen molar-refractivity contribution in [2.75, 3.05) is 13.2 Å². The standard InChI is InChI=1S/C22H23N7O4/c1-14-16-8-7-15-12-18(22(31)33-29-21-17(26-27-29)6-5-9-23-21)28(20(15)25-16)10-3-2-4-11-32-13-19(30)24-14/h5-9,12,14H,2-4,10-11,13H2,1H3,(H,24,30)/t14-/m1/s1. The van der Waals surface area contributed by atoms with Gasteiger partial charge in [0.15, 0.2) is 0 Å². The molecule has 0 saturated heterocycles. The number of aryl methyl sites for hydroxylation is 1. The second-order valence-corrected chi connectivity index (χ2v) is 7.92. The SMILES string of the molecule is C[C@H]1NC(=O)COCCCCCn2c(C(=O)On3nnc4cccnc43)cc3ccc1nc32. The van der Waals surface area contributed by atoms with Gasteiger partial charge in [-0.05, 0) is 66.6 Å². The van der Waals surface area contributed by atoms with E-state index in [4.69, 9.17) is 14.6 Å². The summed E-state index contributed by atoms with van der Waals surface area (Å²) < 4.78 is 7.31. The first-order valence-corrected chi connectivity index (χ1v) is 10.9. The zero-order chi connectivity index (χ0) is 22.8. The fourth-order valence-corrected chi connectivity index (χ4v) is 3.88. The van der Waals surface area contributed by atoms with Crippen LogP contribution in [-0.4, -0.2) is 54.8 Å². The summed E-state index contributed by atoms with van der Waals surface area (Å²) in [5, 5.41) is 11.6. The molecule has 0 aliphatic carbocycles. The molecule has 0 radical (unpaired) electrons. The van der Waals surface area contributed by atoms with Crippen LogP contribution in [0.3, 0.4) is 0 Å². The molecule has 2 bridgehead atoms. The van der Waals surface area contributed by atoms with Crippen LogP contribution in [0.1, 0.15) is 48.4 Å². The average molecular weight is 449 g/mol. The van der Waals surface area contributed by atoms with Crippen molar-refractivity contribution in [2.24, 2.45) is 0 Å². The van der Waals surface area contributed by atoms with Gasteiger partial charge in [0.1, 0.15) is 23.5 Å². The molecule has 33 heavy (non-hydrogen) atoms. The molecule has 1 N–H and O–H groups in total. The van der Waals surface area contributed by atoms with Crippen LogP contribution in [0.25, 0.3) is 22.2 Å². The Bertz CT molecular complexity index is 1330. The van der Waals surface area contributed by atoms with E-state index in [1.807, 2.05) is 23.6 Å². The van der Waals surface area contributed by atoms with Crippen molar-refractivity contribution < 1.29 is 19.2 Å². The summed E-state index contributed by atoms with van der Waals surface area (Å²) in [5.74, 6) is -0.771. The molecule has 1 amide bonds. The molecule has 5 rings (SSSR count). The summed E-state index contributed by atoms with van der Waals surface area (Å²) in [5.41, 5.74) is 2.59. The van der Waals surface area contributed by atoms with Crippen LogP contribution >= 0.6 is 0 Å². The largest absolute Gasteiger partial charge is 0.382 e. The van der Waals surface area contributed by atoms with Gasteiger partial charge in [-0.3, -0.25) is 4.79 Å². The quantitative estimate of drug-likeness (QED) is 0.459. The third kappa shape index (κ3) is 4.27. The molecule has 0 fully saturated rings. The van der Waals surface area contributed by atoms with Crippen molar-refractivity contribution >= 4 is 34.1 Å². The molecule has 4 aromatic heterocycles. The molecule has 0 unspecified atom stereocenters. The highest BCUT2D eigenvalue weighted by atomic mass is 16.7. The molecule has 1 aliphatic heterocycles. The lowest BCUT2D eigenvalue weighted by Crippen LogP contribution is -2.31. The van der Waals surface area contributed by atoms with Gasteiger partial charge in [0.05, 0.1) is 11.7 Å². The second-order valence-electron chi connectivity index (χ2n) is 7.92. The van der Waals surface area contributed by atoms with Crippen molar-refractivity contribution in [3.8, 4) is 0 Å². The number of nitrogens with zero attached hydrogens (tertiary/aromatic N) is 6. The molecule has 170 valence electrons. The van der Waals surface area contributed by atoms with E-state index in [2.05, 4.69) is 20.6 Å². The fourth-order valence-electron chi connectivity index (χ4n) is 3.88. The highest BCUT2D eigenvalue weighted by Crippen LogP contribution is 2.23. The molecule has 1 atom stereocenters. The fraction of sp³-hybridized carbons (Fsp3) is 0.364. The molecule has 0 aromatic carbocycles. The molecule has 5 heterocycles. The highest BCUT2D eigenvalue weighted by Gasteiger charge is 2.22. The van der Waals surface area contributed by atoms with Gasteiger partial charge < -0.3 is 19.5 Å². The normalized spacial score (nSPS) is 17.7. The Morgan fingerprint density at radius 2 is 2.12 bits per heavy atom. The molecular formula is C22H23N7O4. The molecule has 4 aromatic rings. The molecule has 11 nitrogen and oxygen atoms in total. The minimum Gasteiger partial charge on any atom is -0.372 e. The van der Waals surface area contributed by atoms with Crippen molar-refractivity contribution in [1.82, 2.24) is 35.0 Å². The molecule has 1 aliphatic rings. The van der Waals surface area contributed by atoms with Gasteiger partial charge in [0, 0.05) is 24.7 Å². The monoisotopic (exact) mass is 449 g/mol. The maximum absolute atomic E-state index is 13.1. The molecule has 0 saturated carbocycles. The second kappa shape index (κ2) is 8.94. The molecular weight excluding hydrogens is 426 g/mol. The van der Waals surface area contributed by atoms with Crippen LogP contribution in [0.4, 0.5) is 0 Å². The number of rotatable bonds is 2. The predicted octanol–water partition coefficient (Wildman–Crippen LogP) is 1.82. The molecule has 0 spiro atoms. The van der Waals surface area contributed by atoms with E-state index in [-0.39, 0.29) is 18.6 Å². The lowest BCUT2D eigenvalue weighted by molar-refractivity contribution is -0.126. The number of hydrogen-bond donors (Lipinski definition) is 1. The van der Waals surface area contributed by atoms with Gasteiger partial charge in [-0.2, -0.15) is 0 Å². The number of nitrogens with one attached hydrogen (secondary N) is 1. The number of fused-ring (bicyclic) bond motifs is 2. The Morgan fingerprint density at radius 3 is 3.03 bits per heavy atom. The van der Waals surface area contributed by atoms with Gasteiger partial charge in [-0.15, -0.1) is 5.10 Å². The van der Waals surface area contributed by atoms with E-state index in [9.17, 15) is 9.59 Å². The number of aromatic nitrogens is 6. The maximum atomic E-state index is 13.1. The summed E-state index contributed by atoms with van der Waals surface area (Å²) in [4.78, 5) is 40.7. The maximum Gasteiger partial charge on any atom is 0.382 e. The number of carbonyl (C=O) groups excluding carboxylic acids is 2. The minimum absolute atomic E-state index is 0.0325. The zero-order valence-electron chi connectivity index (χ0n) is 18.1. The van der Waals surface area contributed by atoms with Crippen molar-refractivity contribution in [3.05, 3.63) is 47.9 Å². The van der Waals surface area contributed by atoms with E-state index < -0.39 is 5.97 Å². The minimum atomic E-state index is -0.585. The van der Waals surface area contributed by atoms with Gasteiger partial charge in [-0.1, -0.05) is 0 Å². The molecule has 11 heteroatoms. The van der Waals surface area contributed by atoms with Crippen LogP contribution < -0.4 is 10.2 Å². The van der Waals surface area contributed by atoms with E-state index in [1.54, 1.807) is 24.4 Å². The van der Waals surface area contributed by atoms with Crippen molar-refractivity contribution in [1.29, 1.82) is 0 Å². The zero-order valence-corrected chi connectivity index (χ0v) is 18.1. The van der Waals surface area contributed by atoms with Crippen LogP contribution in [-0.2, 0) is 16.1 Å². The Morgan fingerprint density at radius 1 is 1.21 bits per heavy atom. The first kappa shape index (κ1) is 21.0. The number of carbonyl (C=O) groups is 2. The van der Waals surface area contributed by atoms with Gasteiger partial charge in [0.25, 0.3) is 0 Å². The summed E-state index contributed by atoms with van der Waals surface area (Å²) in [6, 6.07) is 8.65. The van der Waals surface area contributed by atoms with Gasteiger partial charge in [0.2, 0.25) is 11.6 Å². The summed E-state index contributed by atoms with van der Waals surface area (Å²) in [6.07, 6.45) is 4.09. The Balaban J connectivity index is 1.51. The Kier molecular flexibility index (Phi) is 5.69. The van der Waals surface area contributed by atoms with Crippen LogP contribution in [0.15, 0.2) is 36.5 Å². The first-order chi connectivity index (χ1) is 16.1. The highest BCUT2D eigenvalue weighted by molar-refractivity contribution is 5.95. The van der Waals surface area contributed by atoms with Crippen LogP contribution in [0, 0.1) is 0 Å². The van der Waals surface area contributed by atoms with E-state index in [0.29, 0.717) is 41.4 Å². The third-order valence-corrected chi connectivity index (χ3v) is 5.55. The Labute approximate surface area is 188 Å². The lowest BCUT2D eigenvalue weighted by atomic mass is 10.2. The summed E-state index contributed by atoms with van der Waals surface area (Å²) in [7, 11) is 0. The predicted molar refractivity (Wildman–Crippen MR) is 117 cm³/mol. The van der Waals surface area contributed by atoms with Crippen molar-refractivity contribution in [3.63, 3.8) is 0 Å². The summed E-state index contributed by atoms with van der Waals surface area (Å²) >= 11 is 0. The number of pyridine rings is 2. The number of ether oxygens (including phenoxy) is 1. The Hall–Kier alpha value is -3.86. The van der Waals surface area contributed by atoms with E-state index >= 15 is 0 Å². The van der Waals surface area contributed by atoms with E-state index in [0.717, 1.165) is 29.5 Å². The topological polar surface area (TPSA) is 126 Å². The lowest BCUT2D eigenvalue weighted by Gasteiger charge is -2.16. The third-order valence-electron chi connectivity index (χ3n) is 5.55. The number of hydrogen-bond acceptors (Lipinski definition) is 8. The first-order valence-electron chi connectivity index (χ1n) is 10.9. The number of amides is 1. The van der Waals surface area contributed by atoms with E-state index in [1.165, 1.54) is 0 Å². The van der Waals surface area contributed by atoms with Crippen molar-refractivity contribution in [2.45, 2.75) is 38.8 Å². The summed E-state index contributed by atoms with van der Waals surface area (Å²) in [6.45, 7) is 2.99. The van der Waals surface area contributed by atoms with Gasteiger partial charge in [-0.25, -0.2) is 14.8 Å². The van der Waals surface area contributed by atoms with Crippen LogP contribution in [0.5, 0.6) is 0 Å². The van der Waals surface area contributed by atoms with Crippen LogP contribution in [0.2, 0.25) is 0 Å². The smallest absolute Gasteiger partial charge is 0.372 e. The van der Waals surface area contributed by atoms with Gasteiger partial charge >= 0.3 is 5.97 Å². The average Bonchev–Trinajstić information content (AvgIpc) is 3.39.